The van der Waals surface area contributed by atoms with Gasteiger partial charge in [-0.25, -0.2) is 0 Å². The van der Waals surface area contributed by atoms with Crippen molar-refractivity contribution in [1.82, 2.24) is 5.43 Å². The summed E-state index contributed by atoms with van der Waals surface area (Å²) >= 11 is 0. The Bertz CT molecular complexity index is 426. The van der Waals surface area contributed by atoms with Crippen LogP contribution in [0.3, 0.4) is 0 Å². The number of hydrogen-bond donors (Lipinski definition) is 3. The van der Waals surface area contributed by atoms with Gasteiger partial charge in [0.2, 0.25) is 0 Å². The van der Waals surface area contributed by atoms with Crippen molar-refractivity contribution in [1.29, 1.82) is 0 Å². The summed E-state index contributed by atoms with van der Waals surface area (Å²) in [4.78, 5) is 3.31. The molecule has 1 heterocycles. The number of benzene rings is 1. The summed E-state index contributed by atoms with van der Waals surface area (Å²) in [6, 6.07) is 7.14. The molecule has 1 aromatic rings. The van der Waals surface area contributed by atoms with Gasteiger partial charge in [-0.2, -0.15) is 5.43 Å². The van der Waals surface area contributed by atoms with Crippen LogP contribution in [0.5, 0.6) is 5.75 Å². The zero-order chi connectivity index (χ0) is 11.9. The first-order chi connectivity index (χ1) is 8.36. The minimum absolute atomic E-state index is 0.247. The molecule has 0 aliphatic carbocycles. The third-order valence-electron chi connectivity index (χ3n) is 2.78. The topological polar surface area (TPSA) is 58.6 Å². The Labute approximate surface area is 101 Å². The monoisotopic (exact) mass is 232 g/mol. The molecule has 0 spiro atoms. The van der Waals surface area contributed by atoms with Crippen molar-refractivity contribution in [2.24, 2.45) is 5.10 Å². The van der Waals surface area contributed by atoms with E-state index < -0.39 is 0 Å². The van der Waals surface area contributed by atoms with E-state index in [0.717, 1.165) is 18.8 Å². The third kappa shape index (κ3) is 3.59. The maximum atomic E-state index is 9.55. The highest BCUT2D eigenvalue weighted by Gasteiger charge is 2.08. The second-order valence-corrected chi connectivity index (χ2v) is 4.14. The minimum atomic E-state index is 0.247. The van der Waals surface area contributed by atoms with Crippen LogP contribution in [0.4, 0.5) is 0 Å². The van der Waals surface area contributed by atoms with Crippen molar-refractivity contribution >= 4 is 12.1 Å². The van der Waals surface area contributed by atoms with Crippen LogP contribution in [0.25, 0.3) is 0 Å². The fraction of sp³-hybridized carbons (Fsp3) is 0.385. The molecule has 0 fully saturated rings. The smallest absolute Gasteiger partial charge is 0.267 e. The summed E-state index contributed by atoms with van der Waals surface area (Å²) in [6.45, 7) is 1.01. The van der Waals surface area contributed by atoms with Gasteiger partial charge in [-0.05, 0) is 31.4 Å². The zero-order valence-corrected chi connectivity index (χ0v) is 9.82. The summed E-state index contributed by atoms with van der Waals surface area (Å²) in [5.74, 6) is 1.31. The van der Waals surface area contributed by atoms with Crippen molar-refractivity contribution in [2.45, 2.75) is 25.7 Å². The highest BCUT2D eigenvalue weighted by Crippen LogP contribution is 2.12. The number of nitrogens with one attached hydrogen (secondary N) is 2. The molecule has 0 unspecified atom stereocenters. The van der Waals surface area contributed by atoms with Crippen LogP contribution in [0.1, 0.15) is 31.2 Å². The van der Waals surface area contributed by atoms with E-state index in [1.165, 1.54) is 19.3 Å². The first-order valence-corrected chi connectivity index (χ1v) is 6.03. The van der Waals surface area contributed by atoms with Gasteiger partial charge in [0.1, 0.15) is 5.75 Å². The van der Waals surface area contributed by atoms with Gasteiger partial charge in [-0.15, -0.1) is 0 Å². The van der Waals surface area contributed by atoms with E-state index in [2.05, 4.69) is 15.5 Å². The van der Waals surface area contributed by atoms with Gasteiger partial charge in [0.25, 0.3) is 5.84 Å². The second-order valence-electron chi connectivity index (χ2n) is 4.14. The average Bonchev–Trinajstić information content (AvgIpc) is 2.60. The van der Waals surface area contributed by atoms with Crippen LogP contribution in [0, 0.1) is 0 Å². The van der Waals surface area contributed by atoms with Crippen LogP contribution < -0.4 is 10.4 Å². The molecule has 1 aliphatic rings. The molecule has 0 amide bonds. The standard InChI is InChI=1S/C13H17N3O/c17-12-7-4-3-6-11(12)10-15-16-13-8-2-1-5-9-14-13/h3-4,6-7,10,17H,1-2,5,8-9H2,(H,14,16)/p+1/b15-10+. The van der Waals surface area contributed by atoms with Crippen molar-refractivity contribution in [3.05, 3.63) is 29.8 Å². The molecule has 3 N–H and O–H groups in total. The van der Waals surface area contributed by atoms with Crippen LogP contribution in [0.15, 0.2) is 29.4 Å². The number of rotatable bonds is 2. The van der Waals surface area contributed by atoms with Crippen LogP contribution in [-0.2, 0) is 0 Å². The lowest BCUT2D eigenvalue weighted by molar-refractivity contribution is -0.459. The second kappa shape index (κ2) is 6.03. The Morgan fingerprint density at radius 2 is 2.12 bits per heavy atom. The number of phenols is 1. The van der Waals surface area contributed by atoms with Gasteiger partial charge in [0.05, 0.1) is 19.2 Å². The Morgan fingerprint density at radius 3 is 3.00 bits per heavy atom. The Kier molecular flexibility index (Phi) is 4.13. The van der Waals surface area contributed by atoms with E-state index in [4.69, 9.17) is 0 Å². The van der Waals surface area contributed by atoms with E-state index in [9.17, 15) is 5.11 Å². The fourth-order valence-electron chi connectivity index (χ4n) is 1.80. The average molecular weight is 232 g/mol. The van der Waals surface area contributed by atoms with E-state index in [1.807, 2.05) is 12.1 Å². The van der Waals surface area contributed by atoms with Crippen LogP contribution in [-0.4, -0.2) is 23.7 Å². The molecule has 0 atom stereocenters. The van der Waals surface area contributed by atoms with Gasteiger partial charge in [0, 0.05) is 5.56 Å². The van der Waals surface area contributed by atoms with Gasteiger partial charge in [0.15, 0.2) is 0 Å². The number of hydrazone groups is 1. The minimum Gasteiger partial charge on any atom is -0.507 e. The number of aromatic hydroxyl groups is 1. The summed E-state index contributed by atoms with van der Waals surface area (Å²) < 4.78 is 0. The lowest BCUT2D eigenvalue weighted by Crippen LogP contribution is -2.75. The third-order valence-corrected chi connectivity index (χ3v) is 2.78. The molecule has 0 saturated heterocycles. The largest absolute Gasteiger partial charge is 0.507 e. The number of nitrogens with zero attached hydrogens (tertiary/aromatic N) is 1. The number of hydrogen-bond acceptors (Lipinski definition) is 3. The molecule has 4 nitrogen and oxygen atoms in total. The first kappa shape index (κ1) is 11.6. The van der Waals surface area contributed by atoms with Gasteiger partial charge in [-0.1, -0.05) is 17.2 Å². The fourth-order valence-corrected chi connectivity index (χ4v) is 1.80. The van der Waals surface area contributed by atoms with Crippen LogP contribution in [0.2, 0.25) is 0 Å². The molecule has 1 aliphatic heterocycles. The van der Waals surface area contributed by atoms with E-state index >= 15 is 0 Å². The molecule has 1 aromatic carbocycles. The zero-order valence-electron chi connectivity index (χ0n) is 9.82. The van der Waals surface area contributed by atoms with E-state index in [0.29, 0.717) is 5.56 Å². The molecule has 0 radical (unpaired) electrons. The Hall–Kier alpha value is -1.84. The number of amidine groups is 1. The maximum absolute atomic E-state index is 9.55. The summed E-state index contributed by atoms with van der Waals surface area (Å²) in [6.07, 6.45) is 6.32. The summed E-state index contributed by atoms with van der Waals surface area (Å²) in [5, 5.41) is 13.7. The van der Waals surface area contributed by atoms with Crippen molar-refractivity contribution in [3.63, 3.8) is 0 Å². The quantitative estimate of drug-likeness (QED) is 0.509. The van der Waals surface area contributed by atoms with Gasteiger partial charge >= 0.3 is 0 Å². The Morgan fingerprint density at radius 1 is 1.24 bits per heavy atom. The molecule has 90 valence electrons. The molecule has 0 aromatic heterocycles. The normalized spacial score (nSPS) is 16.6. The Balaban J connectivity index is 1.93. The molecule has 4 heteroatoms. The molecule has 0 saturated carbocycles. The molecule has 2 rings (SSSR count). The predicted octanol–water partition coefficient (Wildman–Crippen LogP) is 0.369. The van der Waals surface area contributed by atoms with Crippen molar-refractivity contribution < 1.29 is 10.1 Å². The van der Waals surface area contributed by atoms with Gasteiger partial charge < -0.3 is 5.11 Å². The van der Waals surface area contributed by atoms with E-state index in [-0.39, 0.29) is 5.75 Å². The molecular weight excluding hydrogens is 214 g/mol. The highest BCUT2D eigenvalue weighted by molar-refractivity contribution is 5.85. The van der Waals surface area contributed by atoms with Crippen LogP contribution >= 0.6 is 0 Å². The molecular formula is C13H18N3O+. The highest BCUT2D eigenvalue weighted by atomic mass is 16.3. The van der Waals surface area contributed by atoms with Gasteiger partial charge in [-0.3, -0.25) is 4.99 Å². The first-order valence-electron chi connectivity index (χ1n) is 6.03. The van der Waals surface area contributed by atoms with Crippen molar-refractivity contribution in [2.75, 3.05) is 6.54 Å². The maximum Gasteiger partial charge on any atom is 0.267 e. The number of phenolic OH excluding ortho intramolecular Hbond substituents is 1. The lowest BCUT2D eigenvalue weighted by atomic mass is 10.2. The predicted molar refractivity (Wildman–Crippen MR) is 68.1 cm³/mol. The number of para-hydroxylation sites is 1. The van der Waals surface area contributed by atoms with E-state index in [1.54, 1.807) is 18.3 Å². The SMILES string of the molecule is Oc1ccccc1/C=N/NC1=[NH+]CCCCC1. The lowest BCUT2D eigenvalue weighted by Gasteiger charge is -1.96. The summed E-state index contributed by atoms with van der Waals surface area (Å²) in [7, 11) is 0. The summed E-state index contributed by atoms with van der Waals surface area (Å²) in [5.41, 5.74) is 3.72. The molecule has 0 bridgehead atoms. The van der Waals surface area contributed by atoms with Crippen molar-refractivity contribution in [3.8, 4) is 5.75 Å². The molecule has 17 heavy (non-hydrogen) atoms.